The Balaban J connectivity index is 1.54. The molecule has 2 aromatic heterocycles. The Morgan fingerprint density at radius 3 is 2.30 bits per heavy atom. The van der Waals surface area contributed by atoms with E-state index >= 15 is 0 Å². The van der Waals surface area contributed by atoms with Gasteiger partial charge in [-0.2, -0.15) is 0 Å². The molecule has 0 bridgehead atoms. The third-order valence-corrected chi connectivity index (χ3v) is 7.70. The quantitative estimate of drug-likeness (QED) is 0.461. The number of aryl methyl sites for hydroxylation is 1. The molecule has 27 heavy (non-hydrogen) atoms. The summed E-state index contributed by atoms with van der Waals surface area (Å²) in [7, 11) is -3.55. The van der Waals surface area contributed by atoms with Gasteiger partial charge < -0.3 is 0 Å². The van der Waals surface area contributed by atoms with E-state index < -0.39 is 10.0 Å². The van der Waals surface area contributed by atoms with Crippen molar-refractivity contribution in [2.24, 2.45) is 0 Å². The minimum Gasteiger partial charge on any atom is -0.279 e. The van der Waals surface area contributed by atoms with Gasteiger partial charge in [0.25, 0.3) is 10.0 Å². The predicted molar refractivity (Wildman–Crippen MR) is 113 cm³/mol. The minimum atomic E-state index is -3.55. The molecule has 7 heteroatoms. The molecule has 2 heterocycles. The molecule has 0 unspecified atom stereocenters. The van der Waals surface area contributed by atoms with E-state index in [0.717, 1.165) is 26.7 Å². The number of thiazole rings is 1. The Labute approximate surface area is 166 Å². The van der Waals surface area contributed by atoms with Crippen molar-refractivity contribution < 1.29 is 8.42 Å². The lowest BCUT2D eigenvalue weighted by atomic mass is 10.1. The van der Waals surface area contributed by atoms with Crippen molar-refractivity contribution in [2.45, 2.75) is 11.1 Å². The molecule has 0 fully saturated rings. The van der Waals surface area contributed by atoms with Crippen molar-refractivity contribution in [2.75, 3.05) is 4.72 Å². The topological polar surface area (TPSA) is 59.1 Å². The molecule has 0 spiro atoms. The Bertz CT molecular complexity index is 1160. The number of thiophene rings is 1. The van der Waals surface area contributed by atoms with Crippen LogP contribution >= 0.6 is 22.7 Å². The molecule has 1 N–H and O–H groups in total. The molecule has 136 valence electrons. The van der Waals surface area contributed by atoms with E-state index in [1.165, 1.54) is 11.3 Å². The molecule has 4 aromatic rings. The number of hydrogen-bond acceptors (Lipinski definition) is 5. The lowest BCUT2D eigenvalue weighted by Crippen LogP contribution is -2.11. The molecule has 0 aliphatic carbocycles. The molecule has 0 atom stereocenters. The molecule has 4 nitrogen and oxygen atoms in total. The fourth-order valence-corrected chi connectivity index (χ4v) is 5.77. The zero-order valence-electron chi connectivity index (χ0n) is 14.4. The van der Waals surface area contributed by atoms with E-state index in [0.29, 0.717) is 9.90 Å². The van der Waals surface area contributed by atoms with Gasteiger partial charge in [-0.3, -0.25) is 4.72 Å². The number of anilines is 1. The highest BCUT2D eigenvalue weighted by Crippen LogP contribution is 2.30. The first-order valence-electron chi connectivity index (χ1n) is 8.22. The summed E-state index contributed by atoms with van der Waals surface area (Å²) in [5.41, 5.74) is 3.44. The number of aromatic nitrogens is 1. The van der Waals surface area contributed by atoms with Crippen molar-refractivity contribution in [3.8, 4) is 21.8 Å². The highest BCUT2D eigenvalue weighted by molar-refractivity contribution is 7.94. The van der Waals surface area contributed by atoms with Gasteiger partial charge in [-0.05, 0) is 31.2 Å². The molecule has 0 saturated heterocycles. The van der Waals surface area contributed by atoms with Crippen LogP contribution < -0.4 is 4.72 Å². The van der Waals surface area contributed by atoms with Gasteiger partial charge in [0.1, 0.15) is 9.22 Å². The van der Waals surface area contributed by atoms with Crippen molar-refractivity contribution in [1.29, 1.82) is 0 Å². The van der Waals surface area contributed by atoms with Crippen molar-refractivity contribution >= 4 is 38.4 Å². The van der Waals surface area contributed by atoms with Gasteiger partial charge in [-0.1, -0.05) is 42.5 Å². The van der Waals surface area contributed by atoms with Crippen LogP contribution in [0.4, 0.5) is 5.69 Å². The van der Waals surface area contributed by atoms with E-state index in [1.807, 2.05) is 54.8 Å². The van der Waals surface area contributed by atoms with E-state index in [-0.39, 0.29) is 0 Å². The van der Waals surface area contributed by atoms with Crippen LogP contribution in [-0.4, -0.2) is 13.4 Å². The molecule has 0 radical (unpaired) electrons. The van der Waals surface area contributed by atoms with Crippen LogP contribution in [0.5, 0.6) is 0 Å². The van der Waals surface area contributed by atoms with Crippen molar-refractivity contribution in [1.82, 2.24) is 4.98 Å². The largest absolute Gasteiger partial charge is 0.279 e. The van der Waals surface area contributed by atoms with Gasteiger partial charge in [0.15, 0.2) is 0 Å². The number of nitrogens with one attached hydrogen (secondary N) is 1. The first kappa shape index (κ1) is 17.9. The molecule has 4 rings (SSSR count). The van der Waals surface area contributed by atoms with Gasteiger partial charge in [0, 0.05) is 27.1 Å². The summed E-state index contributed by atoms with van der Waals surface area (Å²) in [5.74, 6) is 0. The summed E-state index contributed by atoms with van der Waals surface area (Å²) in [4.78, 5) is 5.65. The Kier molecular flexibility index (Phi) is 4.82. The number of rotatable bonds is 5. The lowest BCUT2D eigenvalue weighted by molar-refractivity contribution is 0.603. The van der Waals surface area contributed by atoms with Crippen LogP contribution in [0.25, 0.3) is 21.8 Å². The minimum absolute atomic E-state index is 0.316. The standard InChI is InChI=1S/C20H16N2O2S3/c1-14-7-12-19(26-14)27(23,24)22-17-10-8-15(9-11-17)18-13-25-20(21-18)16-5-3-2-4-6-16/h2-13,22H,1H3. The van der Waals surface area contributed by atoms with Crippen LogP contribution in [0, 0.1) is 6.92 Å². The second-order valence-corrected chi connectivity index (χ2v) is 10.0. The molecule has 0 amide bonds. The van der Waals surface area contributed by atoms with Crippen LogP contribution in [0.1, 0.15) is 4.88 Å². The number of hydrogen-bond donors (Lipinski definition) is 1. The van der Waals surface area contributed by atoms with Crippen LogP contribution in [-0.2, 0) is 10.0 Å². The van der Waals surface area contributed by atoms with Crippen LogP contribution in [0.2, 0.25) is 0 Å². The molecule has 0 aliphatic rings. The highest BCUT2D eigenvalue weighted by atomic mass is 32.2. The summed E-state index contributed by atoms with van der Waals surface area (Å²) in [6, 6.07) is 20.7. The second kappa shape index (κ2) is 7.26. The van der Waals surface area contributed by atoms with E-state index in [4.69, 9.17) is 0 Å². The fraction of sp³-hybridized carbons (Fsp3) is 0.0500. The summed E-state index contributed by atoms with van der Waals surface area (Å²) in [5, 5.41) is 2.97. The van der Waals surface area contributed by atoms with Gasteiger partial charge in [0.05, 0.1) is 5.69 Å². The fourth-order valence-electron chi connectivity index (χ4n) is 2.59. The smallest absolute Gasteiger partial charge is 0.271 e. The van der Waals surface area contributed by atoms with E-state index in [9.17, 15) is 8.42 Å². The predicted octanol–water partition coefficient (Wildman–Crippen LogP) is 5.65. The molecule has 2 aromatic carbocycles. The van der Waals surface area contributed by atoms with Gasteiger partial charge >= 0.3 is 0 Å². The second-order valence-electron chi connectivity index (χ2n) is 5.95. The monoisotopic (exact) mass is 412 g/mol. The maximum atomic E-state index is 12.4. The average molecular weight is 413 g/mol. The summed E-state index contributed by atoms with van der Waals surface area (Å²) in [6.07, 6.45) is 0. The molecule has 0 saturated carbocycles. The number of nitrogens with zero attached hydrogens (tertiary/aromatic N) is 1. The number of sulfonamides is 1. The third-order valence-electron chi connectivity index (χ3n) is 3.94. The van der Waals surface area contributed by atoms with Crippen LogP contribution in [0.15, 0.2) is 76.3 Å². The first-order valence-corrected chi connectivity index (χ1v) is 11.4. The molecular formula is C20H16N2O2S3. The highest BCUT2D eigenvalue weighted by Gasteiger charge is 2.16. The van der Waals surface area contributed by atoms with Crippen molar-refractivity contribution in [3.63, 3.8) is 0 Å². The molecule has 0 aliphatic heterocycles. The maximum Gasteiger partial charge on any atom is 0.271 e. The zero-order chi connectivity index (χ0) is 18.9. The normalized spacial score (nSPS) is 11.4. The Morgan fingerprint density at radius 1 is 0.889 bits per heavy atom. The lowest BCUT2D eigenvalue weighted by Gasteiger charge is -2.06. The summed E-state index contributed by atoms with van der Waals surface area (Å²) in [6.45, 7) is 1.88. The third kappa shape index (κ3) is 3.95. The van der Waals surface area contributed by atoms with E-state index in [2.05, 4.69) is 9.71 Å². The van der Waals surface area contributed by atoms with Crippen LogP contribution in [0.3, 0.4) is 0 Å². The Hall–Kier alpha value is -2.48. The molecular weight excluding hydrogens is 396 g/mol. The average Bonchev–Trinajstić information content (AvgIpc) is 3.33. The van der Waals surface area contributed by atoms with Gasteiger partial charge in [-0.25, -0.2) is 13.4 Å². The Morgan fingerprint density at radius 2 is 1.63 bits per heavy atom. The first-order chi connectivity index (χ1) is 13.0. The van der Waals surface area contributed by atoms with Gasteiger partial charge in [0.2, 0.25) is 0 Å². The summed E-state index contributed by atoms with van der Waals surface area (Å²) < 4.78 is 27.8. The number of benzene rings is 2. The van der Waals surface area contributed by atoms with E-state index in [1.54, 1.807) is 35.6 Å². The maximum absolute atomic E-state index is 12.4. The summed E-state index contributed by atoms with van der Waals surface area (Å²) >= 11 is 2.85. The van der Waals surface area contributed by atoms with Gasteiger partial charge in [-0.15, -0.1) is 22.7 Å². The SMILES string of the molecule is Cc1ccc(S(=O)(=O)Nc2ccc(-c3csc(-c4ccccc4)n3)cc2)s1. The zero-order valence-corrected chi connectivity index (χ0v) is 16.9. The van der Waals surface area contributed by atoms with Crippen molar-refractivity contribution in [3.05, 3.63) is 77.0 Å².